The van der Waals surface area contributed by atoms with Crippen LogP contribution < -0.4 is 51.4 Å². The molecule has 0 N–H and O–H groups in total. The van der Waals surface area contributed by atoms with Crippen LogP contribution in [0.5, 0.6) is 0 Å². The first-order chi connectivity index (χ1) is 7.33. The summed E-state index contributed by atoms with van der Waals surface area (Å²) in [5.41, 5.74) is -0.0565. The SMILES string of the molecule is COC(=O)c1cc(C[B-](F)(F)F)ccc1Cl.[K+]. The zero-order valence-corrected chi connectivity index (χ0v) is 13.2. The van der Waals surface area contributed by atoms with Gasteiger partial charge in [0.05, 0.1) is 17.7 Å². The van der Waals surface area contributed by atoms with Crippen LogP contribution in [0.3, 0.4) is 0 Å². The smallest absolute Gasteiger partial charge is 0.465 e. The Balaban J connectivity index is 0.00000256. The normalized spacial score (nSPS) is 10.6. The minimum absolute atomic E-state index is 0. The van der Waals surface area contributed by atoms with Crippen molar-refractivity contribution in [1.82, 2.24) is 0 Å². The van der Waals surface area contributed by atoms with E-state index in [1.165, 1.54) is 12.1 Å². The van der Waals surface area contributed by atoms with Gasteiger partial charge in [-0.25, -0.2) is 4.79 Å². The molecule has 0 fully saturated rings. The van der Waals surface area contributed by atoms with Gasteiger partial charge >= 0.3 is 64.3 Å². The number of carbonyl (C=O) groups is 1. The molecule has 0 radical (unpaired) electrons. The Bertz CT molecular complexity index is 412. The summed E-state index contributed by atoms with van der Waals surface area (Å²) < 4.78 is 40.9. The number of carbonyl (C=O) groups excluding carboxylic acids is 1. The van der Waals surface area contributed by atoms with Crippen molar-refractivity contribution in [2.75, 3.05) is 7.11 Å². The fraction of sp³-hybridized carbons (Fsp3) is 0.222. The maximum absolute atomic E-state index is 12.2. The van der Waals surface area contributed by atoms with Crippen molar-refractivity contribution in [3.8, 4) is 0 Å². The molecule has 0 heterocycles. The van der Waals surface area contributed by atoms with Crippen LogP contribution in [-0.2, 0) is 11.1 Å². The number of hydrogen-bond donors (Lipinski definition) is 0. The molecule has 0 spiro atoms. The molecule has 0 aliphatic heterocycles. The molecule has 0 bridgehead atoms. The number of esters is 1. The predicted molar refractivity (Wildman–Crippen MR) is 55.6 cm³/mol. The Labute approximate surface area is 144 Å². The molecule has 1 aromatic rings. The third-order valence-corrected chi connectivity index (χ3v) is 2.23. The average molecular weight is 291 g/mol. The van der Waals surface area contributed by atoms with E-state index >= 15 is 0 Å². The molecule has 0 aliphatic rings. The summed E-state index contributed by atoms with van der Waals surface area (Å²) in [5.74, 6) is -0.749. The van der Waals surface area contributed by atoms with E-state index in [2.05, 4.69) is 4.74 Å². The molecule has 88 valence electrons. The van der Waals surface area contributed by atoms with E-state index in [0.717, 1.165) is 13.2 Å². The van der Waals surface area contributed by atoms with Crippen LogP contribution in [0.1, 0.15) is 15.9 Å². The largest absolute Gasteiger partial charge is 1.00 e. The molecule has 0 amide bonds. The summed E-state index contributed by atoms with van der Waals surface area (Å²) >= 11 is 5.66. The van der Waals surface area contributed by atoms with Gasteiger partial charge in [-0.1, -0.05) is 29.6 Å². The molecular formula is C9H8BClF3KO2. The maximum atomic E-state index is 12.2. The van der Waals surface area contributed by atoms with Gasteiger partial charge in [0, 0.05) is 0 Å². The van der Waals surface area contributed by atoms with Crippen molar-refractivity contribution < 1.29 is 73.9 Å². The maximum Gasteiger partial charge on any atom is 1.00 e. The second-order valence-electron chi connectivity index (χ2n) is 3.22. The van der Waals surface area contributed by atoms with Crippen LogP contribution in [0.25, 0.3) is 0 Å². The molecule has 0 saturated heterocycles. The van der Waals surface area contributed by atoms with E-state index in [0.29, 0.717) is 0 Å². The van der Waals surface area contributed by atoms with Crippen LogP contribution in [0, 0.1) is 0 Å². The summed E-state index contributed by atoms with van der Waals surface area (Å²) in [5, 5.41) is 0.0743. The van der Waals surface area contributed by atoms with Gasteiger partial charge in [0.15, 0.2) is 0 Å². The van der Waals surface area contributed by atoms with E-state index in [1.54, 1.807) is 0 Å². The Morgan fingerprint density at radius 3 is 2.47 bits per heavy atom. The van der Waals surface area contributed by atoms with Crippen molar-refractivity contribution in [3.63, 3.8) is 0 Å². The first-order valence-corrected chi connectivity index (χ1v) is 4.79. The topological polar surface area (TPSA) is 26.3 Å². The molecule has 8 heteroatoms. The second kappa shape index (κ2) is 7.16. The van der Waals surface area contributed by atoms with Crippen molar-refractivity contribution >= 4 is 24.5 Å². The summed E-state index contributed by atoms with van der Waals surface area (Å²) in [4.78, 5) is 11.2. The Hall–Kier alpha value is 0.471. The number of methoxy groups -OCH3 is 1. The number of halogens is 4. The third-order valence-electron chi connectivity index (χ3n) is 1.90. The van der Waals surface area contributed by atoms with Gasteiger partial charge in [0.1, 0.15) is 0 Å². The summed E-state index contributed by atoms with van der Waals surface area (Å²) in [6, 6.07) is 3.60. The fourth-order valence-electron chi connectivity index (χ4n) is 1.23. The Morgan fingerprint density at radius 1 is 1.41 bits per heavy atom. The standard InChI is InChI=1S/C9H8BClF3O2.K/c1-16-9(15)7-4-6(2-3-8(7)11)5-10(12,13)14;/h2-4H,5H2,1H3;/q-1;+1. The van der Waals surface area contributed by atoms with E-state index < -0.39 is 19.3 Å². The van der Waals surface area contributed by atoms with Gasteiger partial charge in [-0.2, -0.15) is 0 Å². The van der Waals surface area contributed by atoms with Crippen LogP contribution in [0.15, 0.2) is 18.2 Å². The van der Waals surface area contributed by atoms with Gasteiger partial charge in [-0.15, -0.1) is 0 Å². The molecule has 2 nitrogen and oxygen atoms in total. The molecule has 0 unspecified atom stereocenters. The fourth-order valence-corrected chi connectivity index (χ4v) is 1.43. The van der Waals surface area contributed by atoms with E-state index in [-0.39, 0.29) is 67.5 Å². The molecule has 0 aliphatic carbocycles. The van der Waals surface area contributed by atoms with Gasteiger partial charge < -0.3 is 17.7 Å². The average Bonchev–Trinajstić information content (AvgIpc) is 2.18. The molecule has 0 aromatic heterocycles. The van der Waals surface area contributed by atoms with Crippen LogP contribution in [-0.4, -0.2) is 20.1 Å². The summed E-state index contributed by atoms with van der Waals surface area (Å²) in [6.07, 6.45) is -1.04. The van der Waals surface area contributed by atoms with Crippen LogP contribution in [0.4, 0.5) is 12.9 Å². The molecule has 1 rings (SSSR count). The van der Waals surface area contributed by atoms with Crippen molar-refractivity contribution in [2.45, 2.75) is 6.32 Å². The van der Waals surface area contributed by atoms with Crippen molar-refractivity contribution in [1.29, 1.82) is 0 Å². The minimum Gasteiger partial charge on any atom is -0.465 e. The Kier molecular flexibility index (Phi) is 7.36. The van der Waals surface area contributed by atoms with Crippen LogP contribution >= 0.6 is 11.6 Å². The Morgan fingerprint density at radius 2 is 2.00 bits per heavy atom. The number of ether oxygens (including phenoxy) is 1. The van der Waals surface area contributed by atoms with Gasteiger partial charge in [-0.3, -0.25) is 0 Å². The number of benzene rings is 1. The van der Waals surface area contributed by atoms with Crippen molar-refractivity contribution in [2.24, 2.45) is 0 Å². The number of hydrogen-bond acceptors (Lipinski definition) is 2. The third kappa shape index (κ3) is 5.76. The number of rotatable bonds is 3. The molecule has 0 atom stereocenters. The van der Waals surface area contributed by atoms with E-state index in [1.807, 2.05) is 0 Å². The molecular weight excluding hydrogens is 282 g/mol. The van der Waals surface area contributed by atoms with Gasteiger partial charge in [0.2, 0.25) is 0 Å². The monoisotopic (exact) mass is 290 g/mol. The van der Waals surface area contributed by atoms with E-state index in [4.69, 9.17) is 11.6 Å². The molecule has 0 saturated carbocycles. The summed E-state index contributed by atoms with van der Waals surface area (Å²) in [7, 11) is 1.14. The molecule has 17 heavy (non-hydrogen) atoms. The van der Waals surface area contributed by atoms with Gasteiger partial charge in [-0.05, 0) is 12.1 Å². The van der Waals surface area contributed by atoms with Crippen LogP contribution in [0.2, 0.25) is 5.02 Å². The van der Waals surface area contributed by atoms with E-state index in [9.17, 15) is 17.7 Å². The zero-order valence-electron chi connectivity index (χ0n) is 9.34. The molecule has 1 aromatic carbocycles. The van der Waals surface area contributed by atoms with Crippen molar-refractivity contribution in [3.05, 3.63) is 34.3 Å². The minimum atomic E-state index is -4.93. The quantitative estimate of drug-likeness (QED) is 0.581. The summed E-state index contributed by atoms with van der Waals surface area (Å²) in [6.45, 7) is -4.93. The second-order valence-corrected chi connectivity index (χ2v) is 3.63. The predicted octanol–water partition coefficient (Wildman–Crippen LogP) is 0.0597. The first-order valence-electron chi connectivity index (χ1n) is 4.41. The zero-order chi connectivity index (χ0) is 12.3. The van der Waals surface area contributed by atoms with Gasteiger partial charge in [0.25, 0.3) is 0 Å². The first kappa shape index (κ1) is 17.5.